The Labute approximate surface area is 177 Å². The fraction of sp³-hybridized carbons (Fsp3) is 0.227. The topological polar surface area (TPSA) is 62.3 Å². The van der Waals surface area contributed by atoms with Crippen molar-refractivity contribution < 1.29 is 8.42 Å². The summed E-state index contributed by atoms with van der Waals surface area (Å²) in [5.74, 6) is -0.165. The summed E-state index contributed by atoms with van der Waals surface area (Å²) in [5.41, 5.74) is 2.47. The van der Waals surface area contributed by atoms with E-state index >= 15 is 0 Å². The Morgan fingerprint density at radius 1 is 0.966 bits per heavy atom. The van der Waals surface area contributed by atoms with Crippen LogP contribution in [0.2, 0.25) is 0 Å². The summed E-state index contributed by atoms with van der Waals surface area (Å²) < 4.78 is 28.1. The maximum absolute atomic E-state index is 13.4. The normalized spacial score (nSPS) is 13.9. The summed E-state index contributed by atoms with van der Waals surface area (Å²) >= 11 is 6.25. The van der Waals surface area contributed by atoms with E-state index in [9.17, 15) is 8.42 Å². The molecule has 0 radical (unpaired) electrons. The van der Waals surface area contributed by atoms with Crippen molar-refractivity contribution in [2.75, 3.05) is 13.1 Å². The number of alkyl halides is 1. The smallest absolute Gasteiger partial charge is 0.220 e. The predicted molar refractivity (Wildman–Crippen MR) is 117 cm³/mol. The molecule has 29 heavy (non-hydrogen) atoms. The first-order valence-corrected chi connectivity index (χ1v) is 11.4. The van der Waals surface area contributed by atoms with Gasteiger partial charge in [0.1, 0.15) is 0 Å². The van der Waals surface area contributed by atoms with Crippen LogP contribution in [-0.4, -0.2) is 30.8 Å². The molecule has 7 heteroatoms. The molecule has 0 spiro atoms. The Kier molecular flexibility index (Phi) is 7.39. The highest BCUT2D eigenvalue weighted by Gasteiger charge is 2.36. The predicted octanol–water partition coefficient (Wildman–Crippen LogP) is 4.11. The zero-order chi connectivity index (χ0) is 20.7. The first-order chi connectivity index (χ1) is 14.1. The lowest BCUT2D eigenvalue weighted by Crippen LogP contribution is -2.41. The number of sulfonamides is 1. The maximum atomic E-state index is 13.4. The van der Waals surface area contributed by atoms with Gasteiger partial charge in [0, 0.05) is 12.4 Å². The van der Waals surface area contributed by atoms with Gasteiger partial charge in [0.2, 0.25) is 10.0 Å². The summed E-state index contributed by atoms with van der Waals surface area (Å²) in [6.07, 6.45) is 3.18. The number of likely N-dealkylation sites (N-methyl/N-ethyl adjacent to an activating group) is 1. The van der Waals surface area contributed by atoms with Crippen LogP contribution < -0.4 is 5.32 Å². The quantitative estimate of drug-likeness (QED) is 0.410. The number of hydrogen-bond acceptors (Lipinski definition) is 4. The van der Waals surface area contributed by atoms with Crippen LogP contribution in [-0.2, 0) is 15.8 Å². The van der Waals surface area contributed by atoms with E-state index in [1.54, 1.807) is 24.5 Å². The highest BCUT2D eigenvalue weighted by Crippen LogP contribution is 2.36. The Hall–Kier alpha value is -2.25. The van der Waals surface area contributed by atoms with Crippen LogP contribution >= 0.6 is 11.6 Å². The molecule has 0 aliphatic rings. The second kappa shape index (κ2) is 9.98. The third-order valence-corrected chi connectivity index (χ3v) is 6.95. The monoisotopic (exact) mass is 429 g/mol. The average molecular weight is 430 g/mol. The number of nitrogens with one attached hydrogen (secondary N) is 1. The molecule has 3 rings (SSSR count). The summed E-state index contributed by atoms with van der Waals surface area (Å²) in [7, 11) is -1.89. The first kappa shape index (κ1) is 21.5. The van der Waals surface area contributed by atoms with Crippen molar-refractivity contribution in [1.29, 1.82) is 0 Å². The van der Waals surface area contributed by atoms with Gasteiger partial charge < -0.3 is 5.32 Å². The fourth-order valence-electron chi connectivity index (χ4n) is 3.44. The molecule has 2 aromatic carbocycles. The van der Waals surface area contributed by atoms with Gasteiger partial charge in [-0.05, 0) is 29.8 Å². The van der Waals surface area contributed by atoms with Crippen molar-refractivity contribution >= 4 is 21.6 Å². The van der Waals surface area contributed by atoms with Gasteiger partial charge in [-0.25, -0.2) is 8.42 Å². The van der Waals surface area contributed by atoms with E-state index in [2.05, 4.69) is 10.3 Å². The van der Waals surface area contributed by atoms with E-state index in [0.29, 0.717) is 5.56 Å². The second-order valence-corrected chi connectivity index (χ2v) is 8.82. The van der Waals surface area contributed by atoms with Gasteiger partial charge >= 0.3 is 0 Å². The second-order valence-electron chi connectivity index (χ2n) is 6.66. The van der Waals surface area contributed by atoms with Crippen LogP contribution in [0.3, 0.4) is 0 Å². The fourth-order valence-corrected chi connectivity index (χ4v) is 5.53. The molecule has 0 fully saturated rings. The van der Waals surface area contributed by atoms with Gasteiger partial charge in [0.25, 0.3) is 0 Å². The van der Waals surface area contributed by atoms with Crippen LogP contribution in [0.15, 0.2) is 85.2 Å². The van der Waals surface area contributed by atoms with Crippen LogP contribution in [0, 0.1) is 0 Å². The number of hydrogen-bond donors (Lipinski definition) is 1. The lowest BCUT2D eigenvalue weighted by molar-refractivity contribution is 0.292. The highest BCUT2D eigenvalue weighted by atomic mass is 35.5. The largest absolute Gasteiger partial charge is 0.311 e. The lowest BCUT2D eigenvalue weighted by Gasteiger charge is -2.35. The van der Waals surface area contributed by atoms with Gasteiger partial charge in [0.05, 0.1) is 23.8 Å². The zero-order valence-corrected chi connectivity index (χ0v) is 17.7. The molecule has 0 aliphatic carbocycles. The summed E-state index contributed by atoms with van der Waals surface area (Å²) in [6, 6.07) is 21.9. The maximum Gasteiger partial charge on any atom is 0.220 e. The van der Waals surface area contributed by atoms with E-state index in [1.165, 1.54) is 4.31 Å². The van der Waals surface area contributed by atoms with Crippen molar-refractivity contribution in [2.45, 2.75) is 17.8 Å². The van der Waals surface area contributed by atoms with Crippen molar-refractivity contribution in [1.82, 2.24) is 14.6 Å². The molecular weight excluding hydrogens is 406 g/mol. The number of nitrogens with zero attached hydrogens (tertiary/aromatic N) is 2. The Morgan fingerprint density at radius 3 is 2.10 bits per heavy atom. The molecule has 1 heterocycles. The standard InChI is InChI=1S/C22H24ClN3O2S/c1-24-21(19-10-4-2-5-11-19)22(20-12-6-3-7-13-20)26(17-23)29(27,28)16-18-9-8-14-25-15-18/h2-15,21-22,24H,16-17H2,1H3. The Morgan fingerprint density at radius 2 is 1.59 bits per heavy atom. The van der Waals surface area contributed by atoms with E-state index in [1.807, 2.05) is 67.7 Å². The Balaban J connectivity index is 2.06. The minimum absolute atomic E-state index is 0.160. The molecule has 1 N–H and O–H groups in total. The third kappa shape index (κ3) is 5.22. The third-order valence-electron chi connectivity index (χ3n) is 4.78. The van der Waals surface area contributed by atoms with Gasteiger partial charge in [-0.15, -0.1) is 11.6 Å². The molecule has 0 saturated carbocycles. The van der Waals surface area contributed by atoms with Crippen LogP contribution in [0.1, 0.15) is 28.8 Å². The number of aromatic nitrogens is 1. The van der Waals surface area contributed by atoms with E-state index in [-0.39, 0.29) is 17.8 Å². The number of benzene rings is 2. The zero-order valence-electron chi connectivity index (χ0n) is 16.1. The SMILES string of the molecule is CNC(c1ccccc1)C(c1ccccc1)N(CCl)S(=O)(=O)Cc1cccnc1. The van der Waals surface area contributed by atoms with Gasteiger partial charge in [0.15, 0.2) is 0 Å². The molecule has 1 aromatic heterocycles. The molecular formula is C22H24ClN3O2S. The molecule has 0 amide bonds. The van der Waals surface area contributed by atoms with Gasteiger partial charge in [-0.2, -0.15) is 4.31 Å². The first-order valence-electron chi connectivity index (χ1n) is 9.28. The number of rotatable bonds is 9. The molecule has 5 nitrogen and oxygen atoms in total. The van der Waals surface area contributed by atoms with Crippen molar-refractivity contribution in [3.63, 3.8) is 0 Å². The van der Waals surface area contributed by atoms with Crippen LogP contribution in [0.25, 0.3) is 0 Å². The average Bonchev–Trinajstić information content (AvgIpc) is 2.75. The van der Waals surface area contributed by atoms with Crippen LogP contribution in [0.4, 0.5) is 0 Å². The van der Waals surface area contributed by atoms with Crippen molar-refractivity contribution in [3.05, 3.63) is 102 Å². The van der Waals surface area contributed by atoms with Crippen molar-refractivity contribution in [2.24, 2.45) is 0 Å². The molecule has 0 aliphatic heterocycles. The molecule has 2 unspecified atom stereocenters. The molecule has 152 valence electrons. The Bertz CT molecular complexity index is 986. The minimum atomic E-state index is -3.71. The summed E-state index contributed by atoms with van der Waals surface area (Å²) in [5, 5.41) is 3.29. The summed E-state index contributed by atoms with van der Waals surface area (Å²) in [6.45, 7) is 0. The number of halogens is 1. The minimum Gasteiger partial charge on any atom is -0.311 e. The van der Waals surface area contributed by atoms with Gasteiger partial charge in [-0.3, -0.25) is 4.98 Å². The van der Waals surface area contributed by atoms with Crippen LogP contribution in [0.5, 0.6) is 0 Å². The molecule has 0 bridgehead atoms. The number of pyridine rings is 1. The van der Waals surface area contributed by atoms with E-state index in [0.717, 1.165) is 11.1 Å². The van der Waals surface area contributed by atoms with Gasteiger partial charge in [-0.1, -0.05) is 66.7 Å². The van der Waals surface area contributed by atoms with Crippen molar-refractivity contribution in [3.8, 4) is 0 Å². The van der Waals surface area contributed by atoms with E-state index < -0.39 is 16.1 Å². The molecule has 2 atom stereocenters. The highest BCUT2D eigenvalue weighted by molar-refractivity contribution is 7.88. The molecule has 0 saturated heterocycles. The summed E-state index contributed by atoms with van der Waals surface area (Å²) in [4.78, 5) is 4.03. The van der Waals surface area contributed by atoms with E-state index in [4.69, 9.17) is 11.6 Å². The lowest BCUT2D eigenvalue weighted by atomic mass is 9.93. The molecule has 3 aromatic rings.